The van der Waals surface area contributed by atoms with Crippen molar-refractivity contribution in [2.45, 2.75) is 54.0 Å². The predicted molar refractivity (Wildman–Crippen MR) is 142 cm³/mol. The number of aromatic nitrogens is 1. The third-order valence-corrected chi connectivity index (χ3v) is 6.24. The zero-order valence-corrected chi connectivity index (χ0v) is 24.1. The molecule has 0 aliphatic carbocycles. The lowest BCUT2D eigenvalue weighted by Crippen LogP contribution is -2.23. The number of esters is 1. The van der Waals surface area contributed by atoms with Gasteiger partial charge >= 0.3 is 16.1 Å². The van der Waals surface area contributed by atoms with Crippen LogP contribution in [0.2, 0.25) is 0 Å². The fourth-order valence-electron chi connectivity index (χ4n) is 3.46. The number of unbranched alkanes of at least 4 members (excludes halogenated alkanes) is 1. The fraction of sp³-hybridized carbons (Fsp3) is 0.520. The maximum atomic E-state index is 12.7. The average molecular weight is 588 g/mol. The molecule has 0 amide bonds. The Balaban J connectivity index is 2.14. The third kappa shape index (κ3) is 8.63. The number of nitrogens with zero attached hydrogens (tertiary/aromatic N) is 1. The minimum atomic E-state index is -3.79. The van der Waals surface area contributed by atoms with Crippen molar-refractivity contribution in [1.29, 1.82) is 0 Å². The number of ether oxygens (including phenoxy) is 3. The molecule has 1 heterocycles. The number of benzene rings is 1. The van der Waals surface area contributed by atoms with Crippen molar-refractivity contribution in [2.75, 3.05) is 32.6 Å². The highest BCUT2D eigenvalue weighted by Crippen LogP contribution is 2.38. The molecule has 0 spiro atoms. The molecule has 0 bridgehead atoms. The quantitative estimate of drug-likeness (QED) is 0.192. The number of hydrogen-bond donors (Lipinski definition) is 1. The first-order valence-corrected chi connectivity index (χ1v) is 14.4. The number of halogens is 1. The molecule has 200 valence electrons. The van der Waals surface area contributed by atoms with Crippen LogP contribution in [0.3, 0.4) is 0 Å². The van der Waals surface area contributed by atoms with E-state index in [4.69, 9.17) is 18.4 Å². The molecule has 0 atom stereocenters. The van der Waals surface area contributed by atoms with Crippen LogP contribution in [-0.2, 0) is 21.4 Å². The van der Waals surface area contributed by atoms with Gasteiger partial charge in [-0.05, 0) is 61.7 Å². The van der Waals surface area contributed by atoms with Gasteiger partial charge in [0.2, 0.25) is 5.88 Å². The Kier molecular flexibility index (Phi) is 11.4. The van der Waals surface area contributed by atoms with Crippen LogP contribution >= 0.6 is 15.9 Å². The van der Waals surface area contributed by atoms with Crippen molar-refractivity contribution in [3.63, 3.8) is 0 Å². The van der Waals surface area contributed by atoms with Gasteiger partial charge in [0.15, 0.2) is 0 Å². The fourth-order valence-corrected chi connectivity index (χ4v) is 4.48. The molecule has 1 aromatic carbocycles. The van der Waals surface area contributed by atoms with Gasteiger partial charge in [-0.2, -0.15) is 8.42 Å². The zero-order chi connectivity index (χ0) is 26.9. The summed E-state index contributed by atoms with van der Waals surface area (Å²) in [4.78, 5) is 17.2. The van der Waals surface area contributed by atoms with Crippen LogP contribution in [0.25, 0.3) is 0 Å². The molecule has 0 aliphatic heterocycles. The van der Waals surface area contributed by atoms with E-state index >= 15 is 0 Å². The highest BCUT2D eigenvalue weighted by Gasteiger charge is 2.25. The third-order valence-electron chi connectivity index (χ3n) is 5.17. The second-order valence-corrected chi connectivity index (χ2v) is 10.7. The predicted octanol–water partition coefficient (Wildman–Crippen LogP) is 4.63. The lowest BCUT2D eigenvalue weighted by molar-refractivity contribution is 0.0520. The number of pyridine rings is 1. The summed E-state index contributed by atoms with van der Waals surface area (Å²) in [6.45, 7) is 11.4. The maximum Gasteiger partial charge on any atom is 0.342 e. The van der Waals surface area contributed by atoms with Crippen LogP contribution in [-0.4, -0.2) is 52.0 Å². The largest absolute Gasteiger partial charge is 0.490 e. The monoisotopic (exact) mass is 586 g/mol. The topological polar surface area (TPSA) is 113 Å². The van der Waals surface area contributed by atoms with Gasteiger partial charge in [-0.1, -0.05) is 13.3 Å². The summed E-state index contributed by atoms with van der Waals surface area (Å²) >= 11 is 3.37. The van der Waals surface area contributed by atoms with E-state index in [1.165, 1.54) is 6.07 Å². The SMILES string of the molecule is CCCCOc1nc(C)cc(C)c1CNCCOc1c(Br)cc(OS(C)(=O)=O)c(C)c1C(=O)OCC. The molecule has 1 N–H and O–H groups in total. The van der Waals surface area contributed by atoms with E-state index in [-0.39, 0.29) is 30.3 Å². The van der Waals surface area contributed by atoms with Crippen LogP contribution in [0.1, 0.15) is 59.4 Å². The van der Waals surface area contributed by atoms with Gasteiger partial charge in [0.1, 0.15) is 23.7 Å². The Labute approximate surface area is 222 Å². The lowest BCUT2D eigenvalue weighted by atomic mass is 10.1. The van der Waals surface area contributed by atoms with Crippen molar-refractivity contribution < 1.29 is 31.6 Å². The molecule has 11 heteroatoms. The van der Waals surface area contributed by atoms with Crippen LogP contribution in [0.4, 0.5) is 0 Å². The number of carbonyl (C=O) groups is 1. The van der Waals surface area contributed by atoms with E-state index in [1.807, 2.05) is 19.9 Å². The van der Waals surface area contributed by atoms with E-state index in [9.17, 15) is 13.2 Å². The van der Waals surface area contributed by atoms with Gasteiger partial charge in [0, 0.05) is 36.0 Å². The van der Waals surface area contributed by atoms with Crippen LogP contribution < -0.4 is 19.0 Å². The van der Waals surface area contributed by atoms with E-state index in [1.54, 1.807) is 13.8 Å². The summed E-state index contributed by atoms with van der Waals surface area (Å²) in [7, 11) is -3.79. The number of rotatable bonds is 14. The maximum absolute atomic E-state index is 12.7. The summed E-state index contributed by atoms with van der Waals surface area (Å²) < 4.78 is 45.7. The average Bonchev–Trinajstić information content (AvgIpc) is 2.77. The van der Waals surface area contributed by atoms with Crippen molar-refractivity contribution in [3.8, 4) is 17.4 Å². The van der Waals surface area contributed by atoms with E-state index < -0.39 is 16.1 Å². The van der Waals surface area contributed by atoms with Crippen molar-refractivity contribution in [2.24, 2.45) is 0 Å². The molecule has 36 heavy (non-hydrogen) atoms. The second-order valence-electron chi connectivity index (χ2n) is 8.29. The Bertz CT molecular complexity index is 1170. The Morgan fingerprint density at radius 2 is 1.83 bits per heavy atom. The molecule has 9 nitrogen and oxygen atoms in total. The molecule has 0 aliphatic rings. The first kappa shape index (κ1) is 29.9. The number of hydrogen-bond acceptors (Lipinski definition) is 9. The van der Waals surface area contributed by atoms with Crippen molar-refractivity contribution in [1.82, 2.24) is 10.3 Å². The lowest BCUT2D eigenvalue weighted by Gasteiger charge is -2.18. The van der Waals surface area contributed by atoms with Crippen molar-refractivity contribution in [3.05, 3.63) is 44.6 Å². The molecule has 1 aromatic heterocycles. The van der Waals surface area contributed by atoms with Gasteiger partial charge in [0.05, 0.1) is 23.9 Å². The first-order chi connectivity index (χ1) is 17.0. The number of nitrogens with one attached hydrogen (secondary N) is 1. The van der Waals surface area contributed by atoms with Gasteiger partial charge in [0.25, 0.3) is 0 Å². The van der Waals surface area contributed by atoms with Gasteiger partial charge in [-0.15, -0.1) is 0 Å². The van der Waals surface area contributed by atoms with Gasteiger partial charge in [-0.25, -0.2) is 9.78 Å². The normalized spacial score (nSPS) is 11.3. The summed E-state index contributed by atoms with van der Waals surface area (Å²) in [5, 5.41) is 3.33. The van der Waals surface area contributed by atoms with E-state index in [0.717, 1.165) is 35.9 Å². The Morgan fingerprint density at radius 3 is 2.47 bits per heavy atom. The summed E-state index contributed by atoms with van der Waals surface area (Å²) in [6.07, 6.45) is 2.94. The van der Waals surface area contributed by atoms with Gasteiger partial charge in [-0.3, -0.25) is 0 Å². The summed E-state index contributed by atoms with van der Waals surface area (Å²) in [6, 6.07) is 3.48. The molecule has 0 fully saturated rings. The summed E-state index contributed by atoms with van der Waals surface area (Å²) in [5.41, 5.74) is 3.39. The Morgan fingerprint density at radius 1 is 1.11 bits per heavy atom. The molecule has 2 rings (SSSR count). The van der Waals surface area contributed by atoms with Crippen molar-refractivity contribution >= 4 is 32.0 Å². The van der Waals surface area contributed by atoms with Crippen LogP contribution in [0.15, 0.2) is 16.6 Å². The molecule has 2 aromatic rings. The highest BCUT2D eigenvalue weighted by atomic mass is 79.9. The molecular formula is C25H35BrN2O7S. The van der Waals surface area contributed by atoms with E-state index in [0.29, 0.717) is 35.6 Å². The molecule has 0 unspecified atom stereocenters. The number of carbonyl (C=O) groups excluding carboxylic acids is 1. The van der Waals surface area contributed by atoms with E-state index in [2.05, 4.69) is 33.2 Å². The standard InChI is InChI=1S/C25H35BrN2O7S/c1-7-9-11-34-24-19(16(3)13-17(4)28-24)15-27-10-12-33-23-20(26)14-21(35-36(6,30)31)18(5)22(23)25(29)32-8-2/h13-14,27H,7-12,15H2,1-6H3. The van der Waals surface area contributed by atoms with Crippen LogP contribution in [0.5, 0.6) is 17.4 Å². The smallest absolute Gasteiger partial charge is 0.342 e. The molecule has 0 radical (unpaired) electrons. The first-order valence-electron chi connectivity index (χ1n) is 11.8. The molecule has 0 saturated carbocycles. The highest BCUT2D eigenvalue weighted by molar-refractivity contribution is 9.10. The Hall–Kier alpha value is -2.37. The minimum Gasteiger partial charge on any atom is -0.490 e. The summed E-state index contributed by atoms with van der Waals surface area (Å²) in [5.74, 6) is 0.285. The number of aryl methyl sites for hydroxylation is 2. The van der Waals surface area contributed by atoms with Crippen LogP contribution in [0, 0.1) is 20.8 Å². The molecular weight excluding hydrogens is 552 g/mol. The van der Waals surface area contributed by atoms with Gasteiger partial charge < -0.3 is 23.7 Å². The minimum absolute atomic E-state index is 0.0239. The second kappa shape index (κ2) is 13.8. The molecule has 0 saturated heterocycles. The zero-order valence-electron chi connectivity index (χ0n) is 21.7.